The maximum atomic E-state index is 10.4. The van der Waals surface area contributed by atoms with Gasteiger partial charge in [-0.2, -0.15) is 0 Å². The van der Waals surface area contributed by atoms with Gasteiger partial charge in [0, 0.05) is 18.0 Å². The number of nitrogens with one attached hydrogen (secondary N) is 1. The molecule has 1 aromatic carbocycles. The molecule has 0 spiro atoms. The molecule has 1 aromatic heterocycles. The second kappa shape index (κ2) is 4.26. The third-order valence-corrected chi connectivity index (χ3v) is 2.67. The van der Waals surface area contributed by atoms with Crippen molar-refractivity contribution in [2.45, 2.75) is 19.3 Å². The van der Waals surface area contributed by atoms with E-state index in [0.29, 0.717) is 6.42 Å². The molecule has 2 rings (SSSR count). The molecule has 84 valence electrons. The van der Waals surface area contributed by atoms with Gasteiger partial charge in [0.05, 0.1) is 11.2 Å². The molecule has 0 amide bonds. The minimum Gasteiger partial charge on any atom is -0.481 e. The van der Waals surface area contributed by atoms with Gasteiger partial charge >= 0.3 is 5.97 Å². The number of nitrogen functional groups attached to an aromatic ring is 1. The Morgan fingerprint density at radius 3 is 3.00 bits per heavy atom. The normalized spacial score (nSPS) is 10.8. The van der Waals surface area contributed by atoms with Crippen molar-refractivity contribution in [2.75, 3.05) is 5.73 Å². The molecule has 0 aliphatic heterocycles. The van der Waals surface area contributed by atoms with Crippen LogP contribution in [-0.4, -0.2) is 16.1 Å². The maximum Gasteiger partial charge on any atom is 0.303 e. The summed E-state index contributed by atoms with van der Waals surface area (Å²) in [6.45, 7) is 0. The summed E-state index contributed by atoms with van der Waals surface area (Å²) in [5.74, 6) is -0.751. The van der Waals surface area contributed by atoms with Crippen LogP contribution in [0.2, 0.25) is 0 Å². The first-order valence-electron chi connectivity index (χ1n) is 5.24. The Labute approximate surface area is 93.1 Å². The number of carboxylic acid groups (broad SMARTS) is 1. The first-order chi connectivity index (χ1) is 7.68. The molecule has 0 saturated carbocycles. The van der Waals surface area contributed by atoms with E-state index < -0.39 is 5.97 Å². The molecule has 0 fully saturated rings. The van der Waals surface area contributed by atoms with E-state index in [1.165, 1.54) is 0 Å². The Kier molecular flexibility index (Phi) is 2.81. The van der Waals surface area contributed by atoms with Gasteiger partial charge in [-0.3, -0.25) is 4.79 Å². The molecule has 0 saturated heterocycles. The van der Waals surface area contributed by atoms with Crippen LogP contribution in [0.5, 0.6) is 0 Å². The first kappa shape index (κ1) is 10.5. The summed E-state index contributed by atoms with van der Waals surface area (Å²) >= 11 is 0. The number of hydrogen-bond acceptors (Lipinski definition) is 2. The first-order valence-corrected chi connectivity index (χ1v) is 5.24. The molecule has 16 heavy (non-hydrogen) atoms. The van der Waals surface area contributed by atoms with Crippen LogP contribution in [0.4, 0.5) is 5.69 Å². The highest BCUT2D eigenvalue weighted by Crippen LogP contribution is 2.24. The zero-order chi connectivity index (χ0) is 11.5. The molecule has 4 nitrogen and oxygen atoms in total. The number of aliphatic carboxylic acids is 1. The number of anilines is 1. The van der Waals surface area contributed by atoms with Gasteiger partial charge in [0.25, 0.3) is 0 Å². The van der Waals surface area contributed by atoms with Crippen molar-refractivity contribution < 1.29 is 9.90 Å². The summed E-state index contributed by atoms with van der Waals surface area (Å²) in [5, 5.41) is 9.66. The van der Waals surface area contributed by atoms with Gasteiger partial charge in [-0.25, -0.2) is 0 Å². The van der Waals surface area contributed by atoms with Gasteiger partial charge in [-0.05, 0) is 24.5 Å². The third-order valence-electron chi connectivity index (χ3n) is 2.67. The molecule has 4 heteroatoms. The third kappa shape index (κ3) is 2.00. The molecule has 1 heterocycles. The standard InChI is InChI=1S/C12H14N2O2/c13-10-5-2-4-9-8(7-14-12(9)10)3-1-6-11(15)16/h2,4-5,7,14H,1,3,6,13H2,(H,15,16). The Morgan fingerprint density at radius 1 is 1.44 bits per heavy atom. The molecule has 4 N–H and O–H groups in total. The second-order valence-electron chi connectivity index (χ2n) is 3.83. The highest BCUT2D eigenvalue weighted by atomic mass is 16.4. The molecular weight excluding hydrogens is 204 g/mol. The van der Waals surface area contributed by atoms with E-state index in [0.717, 1.165) is 28.6 Å². The fraction of sp³-hybridized carbons (Fsp3) is 0.250. The van der Waals surface area contributed by atoms with Crippen molar-refractivity contribution >= 4 is 22.6 Å². The highest BCUT2D eigenvalue weighted by Gasteiger charge is 2.06. The predicted molar refractivity (Wildman–Crippen MR) is 63.3 cm³/mol. The van der Waals surface area contributed by atoms with E-state index in [4.69, 9.17) is 10.8 Å². The summed E-state index contributed by atoms with van der Waals surface area (Å²) in [6, 6.07) is 5.75. The van der Waals surface area contributed by atoms with Crippen LogP contribution in [-0.2, 0) is 11.2 Å². The molecule has 0 aliphatic carbocycles. The van der Waals surface area contributed by atoms with E-state index in [9.17, 15) is 4.79 Å². The zero-order valence-corrected chi connectivity index (χ0v) is 8.86. The minimum absolute atomic E-state index is 0.203. The fourth-order valence-electron chi connectivity index (χ4n) is 1.87. The van der Waals surface area contributed by atoms with Crippen molar-refractivity contribution in [3.8, 4) is 0 Å². The lowest BCUT2D eigenvalue weighted by atomic mass is 10.1. The summed E-state index contributed by atoms with van der Waals surface area (Å²) in [7, 11) is 0. The number of nitrogens with two attached hydrogens (primary N) is 1. The van der Waals surface area contributed by atoms with E-state index in [-0.39, 0.29) is 6.42 Å². The van der Waals surface area contributed by atoms with Crippen LogP contribution in [0.25, 0.3) is 10.9 Å². The monoisotopic (exact) mass is 218 g/mol. The molecule has 0 unspecified atom stereocenters. The van der Waals surface area contributed by atoms with Gasteiger partial charge < -0.3 is 15.8 Å². The van der Waals surface area contributed by atoms with Crippen molar-refractivity contribution in [3.05, 3.63) is 30.0 Å². The quantitative estimate of drug-likeness (QED) is 0.688. The van der Waals surface area contributed by atoms with E-state index in [1.807, 2.05) is 24.4 Å². The zero-order valence-electron chi connectivity index (χ0n) is 8.86. The smallest absolute Gasteiger partial charge is 0.303 e. The topological polar surface area (TPSA) is 79.1 Å². The number of benzene rings is 1. The fourth-order valence-corrected chi connectivity index (χ4v) is 1.87. The van der Waals surface area contributed by atoms with Crippen molar-refractivity contribution in [1.29, 1.82) is 0 Å². The number of aromatic nitrogens is 1. The Bertz CT molecular complexity index is 517. The molecule has 0 aliphatic rings. The highest BCUT2D eigenvalue weighted by molar-refractivity contribution is 5.92. The Morgan fingerprint density at radius 2 is 2.25 bits per heavy atom. The number of carboxylic acids is 1. The Hall–Kier alpha value is -1.97. The molecule has 0 atom stereocenters. The van der Waals surface area contributed by atoms with E-state index in [2.05, 4.69) is 4.98 Å². The number of H-pyrrole nitrogens is 1. The lowest BCUT2D eigenvalue weighted by Gasteiger charge is -1.99. The lowest BCUT2D eigenvalue weighted by Crippen LogP contribution is -1.95. The number of fused-ring (bicyclic) bond motifs is 1. The number of hydrogen-bond donors (Lipinski definition) is 3. The van der Waals surface area contributed by atoms with Crippen LogP contribution < -0.4 is 5.73 Å². The Balaban J connectivity index is 2.19. The van der Waals surface area contributed by atoms with Gasteiger partial charge in [-0.1, -0.05) is 12.1 Å². The average Bonchev–Trinajstić information content (AvgIpc) is 2.63. The van der Waals surface area contributed by atoms with Crippen LogP contribution in [0, 0.1) is 0 Å². The van der Waals surface area contributed by atoms with Gasteiger partial charge in [0.1, 0.15) is 0 Å². The molecule has 0 bridgehead atoms. The van der Waals surface area contributed by atoms with Crippen LogP contribution >= 0.6 is 0 Å². The van der Waals surface area contributed by atoms with Crippen molar-refractivity contribution in [1.82, 2.24) is 4.98 Å². The van der Waals surface area contributed by atoms with Crippen molar-refractivity contribution in [3.63, 3.8) is 0 Å². The summed E-state index contributed by atoms with van der Waals surface area (Å²) in [6.07, 6.45) is 3.52. The van der Waals surface area contributed by atoms with E-state index >= 15 is 0 Å². The summed E-state index contributed by atoms with van der Waals surface area (Å²) in [5.41, 5.74) is 8.61. The van der Waals surface area contributed by atoms with Gasteiger partial charge in [0.2, 0.25) is 0 Å². The van der Waals surface area contributed by atoms with Gasteiger partial charge in [-0.15, -0.1) is 0 Å². The number of para-hydroxylation sites is 1. The summed E-state index contributed by atoms with van der Waals surface area (Å²) < 4.78 is 0. The largest absolute Gasteiger partial charge is 0.481 e. The maximum absolute atomic E-state index is 10.4. The number of rotatable bonds is 4. The number of aryl methyl sites for hydroxylation is 1. The minimum atomic E-state index is -0.751. The van der Waals surface area contributed by atoms with E-state index in [1.54, 1.807) is 0 Å². The van der Waals surface area contributed by atoms with Gasteiger partial charge in [0.15, 0.2) is 0 Å². The van der Waals surface area contributed by atoms with Crippen LogP contribution in [0.1, 0.15) is 18.4 Å². The number of aromatic amines is 1. The number of carbonyl (C=O) groups is 1. The SMILES string of the molecule is Nc1cccc2c(CCCC(=O)O)c[nH]c12. The average molecular weight is 218 g/mol. The second-order valence-corrected chi connectivity index (χ2v) is 3.83. The van der Waals surface area contributed by atoms with Crippen LogP contribution in [0.15, 0.2) is 24.4 Å². The lowest BCUT2D eigenvalue weighted by molar-refractivity contribution is -0.137. The molecule has 2 aromatic rings. The molecular formula is C12H14N2O2. The predicted octanol–water partition coefficient (Wildman–Crippen LogP) is 2.16. The molecule has 0 radical (unpaired) electrons. The van der Waals surface area contributed by atoms with Crippen molar-refractivity contribution in [2.24, 2.45) is 0 Å². The summed E-state index contributed by atoms with van der Waals surface area (Å²) in [4.78, 5) is 13.5. The van der Waals surface area contributed by atoms with Crippen LogP contribution in [0.3, 0.4) is 0 Å².